The smallest absolute Gasteiger partial charge is 0.265 e. The molecule has 0 aromatic heterocycles. The van der Waals surface area contributed by atoms with Gasteiger partial charge in [0, 0.05) is 6.08 Å². The maximum Gasteiger partial charge on any atom is 0.265 e. The van der Waals surface area contributed by atoms with Gasteiger partial charge < -0.3 is 0 Å². The van der Waals surface area contributed by atoms with E-state index in [-0.39, 0.29) is 24.3 Å². The fourth-order valence-corrected chi connectivity index (χ4v) is 2.49. The Morgan fingerprint density at radius 3 is 2.36 bits per heavy atom. The van der Waals surface area contributed by atoms with Crippen LogP contribution in [0.5, 0.6) is 0 Å². The van der Waals surface area contributed by atoms with Gasteiger partial charge in [-0.3, -0.25) is 15.0 Å². The van der Waals surface area contributed by atoms with E-state index in [2.05, 4.69) is 5.43 Å². The molecular formula is C18H16N2O2. The minimum absolute atomic E-state index is 0.143. The molecule has 2 aromatic carbocycles. The van der Waals surface area contributed by atoms with E-state index in [1.165, 1.54) is 11.1 Å². The first kappa shape index (κ1) is 14.1. The number of nitrogens with one attached hydrogen (secondary N) is 1. The molecule has 3 rings (SSSR count). The lowest BCUT2D eigenvalue weighted by atomic mass is 10.0. The Labute approximate surface area is 129 Å². The standard InChI is InChI=1S/C18H16N2O2/c21-17-13-16(15-9-5-2-6-10-15)20(19-17)18(22)12-11-14-7-3-1-4-8-14/h1-12,16H,13H2,(H,19,21)/b12-11+. The van der Waals surface area contributed by atoms with Gasteiger partial charge in [-0.25, -0.2) is 5.01 Å². The van der Waals surface area contributed by atoms with Crippen molar-refractivity contribution in [3.63, 3.8) is 0 Å². The molecule has 1 N–H and O–H groups in total. The molecule has 0 saturated carbocycles. The third-order valence-corrected chi connectivity index (χ3v) is 3.58. The Balaban J connectivity index is 1.78. The van der Waals surface area contributed by atoms with Gasteiger partial charge in [0.05, 0.1) is 12.5 Å². The largest absolute Gasteiger partial charge is 0.273 e. The molecule has 2 amide bonds. The summed E-state index contributed by atoms with van der Waals surface area (Å²) in [5, 5.41) is 1.40. The number of benzene rings is 2. The van der Waals surface area contributed by atoms with Crippen LogP contribution in [0, 0.1) is 0 Å². The minimum Gasteiger partial charge on any atom is -0.273 e. The van der Waals surface area contributed by atoms with E-state index >= 15 is 0 Å². The number of amides is 2. The summed E-state index contributed by atoms with van der Waals surface area (Å²) in [6.45, 7) is 0. The highest BCUT2D eigenvalue weighted by atomic mass is 16.2. The summed E-state index contributed by atoms with van der Waals surface area (Å²) in [5.74, 6) is -0.376. The molecule has 0 spiro atoms. The highest BCUT2D eigenvalue weighted by Crippen LogP contribution is 2.27. The Hall–Kier alpha value is -2.88. The molecule has 1 heterocycles. The number of hydrogen-bond donors (Lipinski definition) is 1. The summed E-state index contributed by atoms with van der Waals surface area (Å²) in [6, 6.07) is 18.9. The van der Waals surface area contributed by atoms with E-state index in [9.17, 15) is 9.59 Å². The third-order valence-electron chi connectivity index (χ3n) is 3.58. The molecule has 1 aliphatic heterocycles. The van der Waals surface area contributed by atoms with Gasteiger partial charge in [0.1, 0.15) is 0 Å². The molecule has 0 radical (unpaired) electrons. The molecule has 110 valence electrons. The van der Waals surface area contributed by atoms with Crippen molar-refractivity contribution < 1.29 is 9.59 Å². The van der Waals surface area contributed by atoms with E-state index in [0.29, 0.717) is 0 Å². The molecule has 1 aliphatic rings. The predicted molar refractivity (Wildman–Crippen MR) is 84.3 cm³/mol. The zero-order valence-electron chi connectivity index (χ0n) is 12.0. The fraction of sp³-hybridized carbons (Fsp3) is 0.111. The Morgan fingerprint density at radius 2 is 1.68 bits per heavy atom. The topological polar surface area (TPSA) is 49.4 Å². The second kappa shape index (κ2) is 6.26. The van der Waals surface area contributed by atoms with E-state index in [0.717, 1.165) is 11.1 Å². The van der Waals surface area contributed by atoms with Crippen LogP contribution >= 0.6 is 0 Å². The van der Waals surface area contributed by atoms with Crippen molar-refractivity contribution in [1.82, 2.24) is 10.4 Å². The molecule has 1 saturated heterocycles. The van der Waals surface area contributed by atoms with Gasteiger partial charge in [-0.15, -0.1) is 0 Å². The Morgan fingerprint density at radius 1 is 1.05 bits per heavy atom. The SMILES string of the molecule is O=C1CC(c2ccccc2)N(C(=O)/C=C/c2ccccc2)N1. The van der Waals surface area contributed by atoms with Crippen LogP contribution in [0.1, 0.15) is 23.6 Å². The zero-order valence-corrected chi connectivity index (χ0v) is 12.0. The van der Waals surface area contributed by atoms with Gasteiger partial charge in [-0.1, -0.05) is 60.7 Å². The van der Waals surface area contributed by atoms with Gasteiger partial charge in [0.15, 0.2) is 0 Å². The van der Waals surface area contributed by atoms with Crippen LogP contribution in [0.3, 0.4) is 0 Å². The van der Waals surface area contributed by atoms with Crippen molar-refractivity contribution in [2.45, 2.75) is 12.5 Å². The average Bonchev–Trinajstić information content (AvgIpc) is 2.96. The van der Waals surface area contributed by atoms with Crippen molar-refractivity contribution in [3.8, 4) is 0 Å². The molecule has 4 nitrogen and oxygen atoms in total. The number of carbonyl (C=O) groups is 2. The maximum absolute atomic E-state index is 12.4. The van der Waals surface area contributed by atoms with Crippen LogP contribution in [0.15, 0.2) is 66.7 Å². The number of hydrogen-bond acceptors (Lipinski definition) is 2. The van der Waals surface area contributed by atoms with Gasteiger partial charge in [0.2, 0.25) is 5.91 Å². The highest BCUT2D eigenvalue weighted by Gasteiger charge is 2.33. The second-order valence-corrected chi connectivity index (χ2v) is 5.12. The molecule has 2 aromatic rings. The van der Waals surface area contributed by atoms with Crippen LogP contribution in [0.25, 0.3) is 6.08 Å². The Kier molecular flexibility index (Phi) is 4.01. The van der Waals surface area contributed by atoms with E-state index in [4.69, 9.17) is 0 Å². The molecule has 4 heteroatoms. The number of hydrazine groups is 1. The zero-order chi connectivity index (χ0) is 15.4. The molecule has 0 aliphatic carbocycles. The van der Waals surface area contributed by atoms with Crippen molar-refractivity contribution >= 4 is 17.9 Å². The van der Waals surface area contributed by atoms with Gasteiger partial charge >= 0.3 is 0 Å². The lowest BCUT2D eigenvalue weighted by Crippen LogP contribution is -2.39. The van der Waals surface area contributed by atoms with Gasteiger partial charge in [-0.2, -0.15) is 0 Å². The monoisotopic (exact) mass is 292 g/mol. The first-order valence-electron chi connectivity index (χ1n) is 7.15. The van der Waals surface area contributed by atoms with Crippen molar-refractivity contribution in [3.05, 3.63) is 77.9 Å². The van der Waals surface area contributed by atoms with E-state index in [1.54, 1.807) is 6.08 Å². The molecule has 22 heavy (non-hydrogen) atoms. The fourth-order valence-electron chi connectivity index (χ4n) is 2.49. The molecule has 1 atom stereocenters. The Bertz CT molecular complexity index is 696. The van der Waals surface area contributed by atoms with Crippen LogP contribution in [-0.4, -0.2) is 16.8 Å². The summed E-state index contributed by atoms with van der Waals surface area (Å²) in [7, 11) is 0. The quantitative estimate of drug-likeness (QED) is 0.884. The van der Waals surface area contributed by atoms with Crippen LogP contribution in [-0.2, 0) is 9.59 Å². The summed E-state index contributed by atoms with van der Waals surface area (Å²) >= 11 is 0. The predicted octanol–water partition coefficient (Wildman–Crippen LogP) is 2.70. The molecule has 1 fully saturated rings. The lowest BCUT2D eigenvalue weighted by Gasteiger charge is -2.22. The van der Waals surface area contributed by atoms with Crippen LogP contribution in [0.2, 0.25) is 0 Å². The summed E-state index contributed by atoms with van der Waals surface area (Å²) in [6.07, 6.45) is 3.51. The van der Waals surface area contributed by atoms with Gasteiger partial charge in [-0.05, 0) is 17.2 Å². The first-order valence-corrected chi connectivity index (χ1v) is 7.15. The first-order chi connectivity index (χ1) is 10.7. The van der Waals surface area contributed by atoms with E-state index < -0.39 is 0 Å². The number of nitrogens with zero attached hydrogens (tertiary/aromatic N) is 1. The normalized spacial score (nSPS) is 17.7. The van der Waals surface area contributed by atoms with Crippen molar-refractivity contribution in [1.29, 1.82) is 0 Å². The van der Waals surface area contributed by atoms with Crippen molar-refractivity contribution in [2.24, 2.45) is 0 Å². The maximum atomic E-state index is 12.4. The highest BCUT2D eigenvalue weighted by molar-refractivity contribution is 5.95. The molecule has 1 unspecified atom stereocenters. The number of carbonyl (C=O) groups excluding carboxylic acids is 2. The minimum atomic E-state index is -0.262. The third kappa shape index (κ3) is 3.06. The molecular weight excluding hydrogens is 276 g/mol. The average molecular weight is 292 g/mol. The summed E-state index contributed by atoms with van der Waals surface area (Å²) in [5.41, 5.74) is 4.52. The lowest BCUT2D eigenvalue weighted by molar-refractivity contribution is -0.133. The second-order valence-electron chi connectivity index (χ2n) is 5.12. The van der Waals surface area contributed by atoms with Crippen molar-refractivity contribution in [2.75, 3.05) is 0 Å². The van der Waals surface area contributed by atoms with Crippen LogP contribution in [0.4, 0.5) is 0 Å². The number of rotatable bonds is 3. The van der Waals surface area contributed by atoms with E-state index in [1.807, 2.05) is 60.7 Å². The summed E-state index contributed by atoms with van der Waals surface area (Å²) < 4.78 is 0. The summed E-state index contributed by atoms with van der Waals surface area (Å²) in [4.78, 5) is 24.1. The van der Waals surface area contributed by atoms with Gasteiger partial charge in [0.25, 0.3) is 5.91 Å². The van der Waals surface area contributed by atoms with Crippen LogP contribution < -0.4 is 5.43 Å². The molecule has 0 bridgehead atoms.